The SMILES string of the molecule is [C-]1=CC=CC1.[C-]1=CC=CC1.[CH-]=C(C)c1cccc2ccccc12.[Cl-].[Zr+4]. The predicted octanol–water partition coefficient (Wildman–Crippen LogP) is 3.29. The van der Waals surface area contributed by atoms with Crippen molar-refractivity contribution < 1.29 is 38.6 Å². The summed E-state index contributed by atoms with van der Waals surface area (Å²) in [6.07, 6.45) is 20.0. The summed E-state index contributed by atoms with van der Waals surface area (Å²) in [5, 5.41) is 2.47. The maximum atomic E-state index is 5.80. The van der Waals surface area contributed by atoms with Gasteiger partial charge in [-0.25, -0.2) is 29.9 Å². The second kappa shape index (κ2) is 13.8. The molecule has 25 heavy (non-hydrogen) atoms. The molecule has 0 saturated heterocycles. The standard InChI is InChI=1S/C13H11.2C5H5.ClH.Zr/c1-10(2)12-9-5-7-11-6-3-4-8-13(11)12;2*1-2-4-5-3-1;;/h1,3-9H,2H3;2*1-3H,4H2;1H;/q3*-1;;+4/p-1. The van der Waals surface area contributed by atoms with E-state index in [2.05, 4.69) is 48.6 Å². The van der Waals surface area contributed by atoms with Crippen molar-refractivity contribution in [2.45, 2.75) is 19.8 Å². The van der Waals surface area contributed by atoms with Crippen LogP contribution in [0.2, 0.25) is 0 Å². The molecule has 0 aliphatic heterocycles. The van der Waals surface area contributed by atoms with Gasteiger partial charge < -0.3 is 12.4 Å². The molecule has 0 fully saturated rings. The molecule has 4 rings (SSSR count). The van der Waals surface area contributed by atoms with Crippen LogP contribution in [0.3, 0.4) is 0 Å². The smallest absolute Gasteiger partial charge is 1.00 e. The van der Waals surface area contributed by atoms with Crippen molar-refractivity contribution in [1.82, 2.24) is 0 Å². The molecule has 0 nitrogen and oxygen atoms in total. The molecule has 0 saturated carbocycles. The third-order valence-corrected chi connectivity index (χ3v) is 3.39. The normalized spacial score (nSPS) is 12.4. The molecule has 2 aromatic rings. The van der Waals surface area contributed by atoms with Gasteiger partial charge in [0.05, 0.1) is 0 Å². The minimum atomic E-state index is 0. The van der Waals surface area contributed by atoms with Crippen molar-refractivity contribution >= 4 is 16.3 Å². The van der Waals surface area contributed by atoms with E-state index in [0.29, 0.717) is 0 Å². The third-order valence-electron chi connectivity index (χ3n) is 3.39. The molecule has 0 amide bonds. The van der Waals surface area contributed by atoms with Crippen molar-refractivity contribution in [1.29, 1.82) is 0 Å². The van der Waals surface area contributed by atoms with Gasteiger partial charge in [-0.15, -0.1) is 18.9 Å². The minimum Gasteiger partial charge on any atom is -1.00 e. The van der Waals surface area contributed by atoms with Gasteiger partial charge in [-0.2, -0.15) is 17.7 Å². The zero-order chi connectivity index (χ0) is 16.3. The van der Waals surface area contributed by atoms with Gasteiger partial charge in [0.25, 0.3) is 0 Å². The molecule has 0 unspecified atom stereocenters. The summed E-state index contributed by atoms with van der Waals surface area (Å²) in [6.45, 7) is 7.73. The van der Waals surface area contributed by atoms with Crippen molar-refractivity contribution in [2.24, 2.45) is 0 Å². The fraction of sp³-hybridized carbons (Fsp3) is 0.130. The van der Waals surface area contributed by atoms with Crippen molar-refractivity contribution in [3.05, 3.63) is 103 Å². The van der Waals surface area contributed by atoms with Crippen LogP contribution < -0.4 is 12.4 Å². The van der Waals surface area contributed by atoms with Crippen molar-refractivity contribution in [2.75, 3.05) is 0 Å². The van der Waals surface area contributed by atoms with Gasteiger partial charge in [0.1, 0.15) is 0 Å². The van der Waals surface area contributed by atoms with Gasteiger partial charge in [-0.05, 0) is 5.39 Å². The van der Waals surface area contributed by atoms with E-state index in [9.17, 15) is 0 Å². The summed E-state index contributed by atoms with van der Waals surface area (Å²) in [5.74, 6) is 0. The molecular formula is C23H21ClZr. The fourth-order valence-electron chi connectivity index (χ4n) is 2.25. The van der Waals surface area contributed by atoms with Crippen LogP contribution in [0.25, 0.3) is 16.3 Å². The van der Waals surface area contributed by atoms with E-state index < -0.39 is 0 Å². The number of fused-ring (bicyclic) bond motifs is 1. The van der Waals surface area contributed by atoms with Gasteiger partial charge >= 0.3 is 26.2 Å². The summed E-state index contributed by atoms with van der Waals surface area (Å²) in [4.78, 5) is 0. The first-order valence-corrected chi connectivity index (χ1v) is 7.79. The third kappa shape index (κ3) is 8.48. The van der Waals surface area contributed by atoms with Crippen molar-refractivity contribution in [3.8, 4) is 0 Å². The Morgan fingerprint density at radius 2 is 1.44 bits per heavy atom. The molecule has 2 aromatic carbocycles. The van der Waals surface area contributed by atoms with Crippen LogP contribution in [0.4, 0.5) is 0 Å². The quantitative estimate of drug-likeness (QED) is 0.617. The largest absolute Gasteiger partial charge is 4.00 e. The second-order valence-corrected chi connectivity index (χ2v) is 5.22. The summed E-state index contributed by atoms with van der Waals surface area (Å²) >= 11 is 0. The number of hydrogen-bond acceptors (Lipinski definition) is 0. The summed E-state index contributed by atoms with van der Waals surface area (Å²) < 4.78 is 0. The van der Waals surface area contributed by atoms with Crippen LogP contribution in [0, 0.1) is 18.7 Å². The van der Waals surface area contributed by atoms with Gasteiger partial charge in [-0.3, -0.25) is 18.7 Å². The summed E-state index contributed by atoms with van der Waals surface area (Å²) in [7, 11) is 0. The molecule has 0 aromatic heterocycles. The van der Waals surface area contributed by atoms with E-state index in [1.165, 1.54) is 10.8 Å². The minimum absolute atomic E-state index is 0. The Morgan fingerprint density at radius 1 is 0.880 bits per heavy atom. The Kier molecular flexibility index (Phi) is 13.0. The monoisotopic (exact) mass is 422 g/mol. The van der Waals surface area contributed by atoms with E-state index in [4.69, 9.17) is 6.58 Å². The Balaban J connectivity index is 0.000000400. The van der Waals surface area contributed by atoms with Crippen molar-refractivity contribution in [3.63, 3.8) is 0 Å². The molecule has 0 radical (unpaired) electrons. The molecular weight excluding hydrogens is 403 g/mol. The Bertz CT molecular complexity index is 719. The zero-order valence-corrected chi connectivity index (χ0v) is 17.6. The fourth-order valence-corrected chi connectivity index (χ4v) is 2.25. The number of hydrogen-bond donors (Lipinski definition) is 0. The van der Waals surface area contributed by atoms with E-state index in [0.717, 1.165) is 24.0 Å². The topological polar surface area (TPSA) is 0 Å². The van der Waals surface area contributed by atoms with Crippen LogP contribution in [0.15, 0.2) is 78.9 Å². The van der Waals surface area contributed by atoms with E-state index in [1.807, 2.05) is 49.4 Å². The molecule has 124 valence electrons. The molecule has 0 N–H and O–H groups in total. The first kappa shape index (κ1) is 23.6. The van der Waals surface area contributed by atoms with E-state index >= 15 is 0 Å². The van der Waals surface area contributed by atoms with Gasteiger partial charge in [0.15, 0.2) is 0 Å². The molecule has 0 heterocycles. The Labute approximate surface area is 177 Å². The second-order valence-electron chi connectivity index (χ2n) is 5.22. The van der Waals surface area contributed by atoms with Gasteiger partial charge in [-0.1, -0.05) is 48.7 Å². The molecule has 2 aliphatic carbocycles. The average Bonchev–Trinajstić information content (AvgIpc) is 3.31. The van der Waals surface area contributed by atoms with Gasteiger partial charge in [0, 0.05) is 0 Å². The number of halogens is 1. The van der Waals surface area contributed by atoms with Crippen LogP contribution in [0.5, 0.6) is 0 Å². The molecule has 2 aliphatic rings. The zero-order valence-electron chi connectivity index (χ0n) is 14.4. The predicted molar refractivity (Wildman–Crippen MR) is 100 cm³/mol. The first-order chi connectivity index (χ1) is 11.3. The first-order valence-electron chi connectivity index (χ1n) is 7.79. The summed E-state index contributed by atoms with van der Waals surface area (Å²) in [6, 6.07) is 14.5. The van der Waals surface area contributed by atoms with Crippen LogP contribution in [-0.2, 0) is 26.2 Å². The van der Waals surface area contributed by atoms with E-state index in [-0.39, 0.29) is 38.6 Å². The average molecular weight is 424 g/mol. The van der Waals surface area contributed by atoms with Crippen LogP contribution in [-0.4, -0.2) is 0 Å². The molecule has 0 bridgehead atoms. The van der Waals surface area contributed by atoms with Crippen LogP contribution >= 0.6 is 0 Å². The Morgan fingerprint density at radius 3 is 1.88 bits per heavy atom. The van der Waals surface area contributed by atoms with E-state index in [1.54, 1.807) is 0 Å². The van der Waals surface area contributed by atoms with Crippen LogP contribution in [0.1, 0.15) is 25.3 Å². The summed E-state index contributed by atoms with van der Waals surface area (Å²) in [5.41, 5.74) is 2.01. The molecule has 2 heteroatoms. The number of rotatable bonds is 1. The number of allylic oxidation sites excluding steroid dienone is 9. The number of benzene rings is 2. The molecule has 0 spiro atoms. The molecule has 0 atom stereocenters. The maximum Gasteiger partial charge on any atom is 4.00 e. The maximum absolute atomic E-state index is 5.80. The Hall–Kier alpha value is -1.43. The van der Waals surface area contributed by atoms with Gasteiger partial charge in [0.2, 0.25) is 0 Å².